The maximum atomic E-state index is 11.5. The SMILES string of the molecule is CCCCOC(=O)CC[C@@H](NC(=O)OC(C)(C)C)C(=O)O. The molecule has 0 aromatic carbocycles. The fourth-order valence-corrected chi connectivity index (χ4v) is 1.37. The molecule has 0 saturated heterocycles. The van der Waals surface area contributed by atoms with E-state index in [1.54, 1.807) is 20.8 Å². The van der Waals surface area contributed by atoms with E-state index in [0.29, 0.717) is 6.61 Å². The van der Waals surface area contributed by atoms with Gasteiger partial charge in [-0.2, -0.15) is 0 Å². The molecule has 7 nitrogen and oxygen atoms in total. The Bertz CT molecular complexity index is 361. The van der Waals surface area contributed by atoms with Gasteiger partial charge in [-0.05, 0) is 33.6 Å². The van der Waals surface area contributed by atoms with Crippen LogP contribution < -0.4 is 5.32 Å². The predicted molar refractivity (Wildman–Crippen MR) is 75.9 cm³/mol. The average Bonchev–Trinajstić information content (AvgIpc) is 2.32. The maximum absolute atomic E-state index is 11.5. The van der Waals surface area contributed by atoms with Crippen LogP contribution in [0.3, 0.4) is 0 Å². The predicted octanol–water partition coefficient (Wildman–Crippen LogP) is 2.09. The standard InChI is InChI=1S/C14H25NO6/c1-5-6-9-20-11(16)8-7-10(12(17)18)15-13(19)21-14(2,3)4/h10H,5-9H2,1-4H3,(H,15,19)(H,17,18)/t10-/m1/s1. The summed E-state index contributed by atoms with van der Waals surface area (Å²) in [6.07, 6.45) is 0.736. The van der Waals surface area contributed by atoms with Crippen LogP contribution in [0.5, 0.6) is 0 Å². The summed E-state index contributed by atoms with van der Waals surface area (Å²) < 4.78 is 9.90. The third-order valence-electron chi connectivity index (χ3n) is 2.39. The zero-order valence-electron chi connectivity index (χ0n) is 13.1. The van der Waals surface area contributed by atoms with Crippen molar-refractivity contribution in [2.75, 3.05) is 6.61 Å². The summed E-state index contributed by atoms with van der Waals surface area (Å²) >= 11 is 0. The number of unbranched alkanes of at least 4 members (excludes halogenated alkanes) is 1. The van der Waals surface area contributed by atoms with E-state index in [9.17, 15) is 14.4 Å². The minimum Gasteiger partial charge on any atom is -0.480 e. The first-order valence-corrected chi connectivity index (χ1v) is 7.03. The number of alkyl carbamates (subject to hydrolysis) is 1. The zero-order valence-corrected chi connectivity index (χ0v) is 13.1. The highest BCUT2D eigenvalue weighted by molar-refractivity contribution is 5.80. The summed E-state index contributed by atoms with van der Waals surface area (Å²) in [7, 11) is 0. The number of ether oxygens (including phenoxy) is 2. The number of aliphatic carboxylic acids is 1. The topological polar surface area (TPSA) is 102 Å². The molecule has 122 valence electrons. The van der Waals surface area contributed by atoms with Gasteiger partial charge in [0.1, 0.15) is 11.6 Å². The Labute approximate surface area is 125 Å². The summed E-state index contributed by atoms with van der Waals surface area (Å²) in [5, 5.41) is 11.3. The second-order valence-corrected chi connectivity index (χ2v) is 5.65. The van der Waals surface area contributed by atoms with Crippen LogP contribution in [0.4, 0.5) is 4.79 Å². The Balaban J connectivity index is 4.23. The largest absolute Gasteiger partial charge is 0.480 e. The lowest BCUT2D eigenvalue weighted by Crippen LogP contribution is -2.43. The molecule has 7 heteroatoms. The van der Waals surface area contributed by atoms with Crippen molar-refractivity contribution >= 4 is 18.0 Å². The third kappa shape index (κ3) is 10.6. The van der Waals surface area contributed by atoms with Gasteiger partial charge in [-0.15, -0.1) is 0 Å². The van der Waals surface area contributed by atoms with Gasteiger partial charge in [-0.25, -0.2) is 9.59 Å². The van der Waals surface area contributed by atoms with Gasteiger partial charge in [0.15, 0.2) is 0 Å². The lowest BCUT2D eigenvalue weighted by atomic mass is 10.1. The number of carbonyl (C=O) groups is 3. The Morgan fingerprint density at radius 2 is 1.86 bits per heavy atom. The van der Waals surface area contributed by atoms with Crippen molar-refractivity contribution in [2.24, 2.45) is 0 Å². The fraction of sp³-hybridized carbons (Fsp3) is 0.786. The number of hydrogen-bond donors (Lipinski definition) is 2. The third-order valence-corrected chi connectivity index (χ3v) is 2.39. The molecule has 0 aliphatic heterocycles. The second-order valence-electron chi connectivity index (χ2n) is 5.65. The number of nitrogens with one attached hydrogen (secondary N) is 1. The molecule has 21 heavy (non-hydrogen) atoms. The number of amides is 1. The summed E-state index contributed by atoms with van der Waals surface area (Å²) in [5.74, 6) is -1.69. The van der Waals surface area contributed by atoms with E-state index in [1.807, 2.05) is 6.92 Å². The molecule has 0 aliphatic rings. The molecule has 0 aromatic rings. The summed E-state index contributed by atoms with van der Waals surface area (Å²) in [5.41, 5.74) is -0.716. The van der Waals surface area contributed by atoms with Crippen LogP contribution in [0.15, 0.2) is 0 Å². The first-order valence-electron chi connectivity index (χ1n) is 7.03. The van der Waals surface area contributed by atoms with Crippen molar-refractivity contribution in [3.63, 3.8) is 0 Å². The Hall–Kier alpha value is -1.79. The van der Waals surface area contributed by atoms with Gasteiger partial charge in [-0.1, -0.05) is 13.3 Å². The lowest BCUT2D eigenvalue weighted by molar-refractivity contribution is -0.144. The van der Waals surface area contributed by atoms with E-state index in [1.165, 1.54) is 0 Å². The molecule has 0 rings (SSSR count). The number of rotatable bonds is 8. The normalized spacial score (nSPS) is 12.4. The van der Waals surface area contributed by atoms with Crippen molar-refractivity contribution in [2.45, 2.75) is 65.0 Å². The lowest BCUT2D eigenvalue weighted by Gasteiger charge is -2.21. The van der Waals surface area contributed by atoms with Crippen LogP contribution in [0.2, 0.25) is 0 Å². The molecule has 1 atom stereocenters. The summed E-state index contributed by atoms with van der Waals surface area (Å²) in [6.45, 7) is 7.32. The van der Waals surface area contributed by atoms with E-state index >= 15 is 0 Å². The Morgan fingerprint density at radius 3 is 2.33 bits per heavy atom. The average molecular weight is 303 g/mol. The van der Waals surface area contributed by atoms with Gasteiger partial charge in [-0.3, -0.25) is 4.79 Å². The number of carbonyl (C=O) groups excluding carboxylic acids is 2. The molecule has 0 fully saturated rings. The summed E-state index contributed by atoms with van der Waals surface area (Å²) in [6, 6.07) is -1.18. The number of hydrogen-bond acceptors (Lipinski definition) is 5. The van der Waals surface area contributed by atoms with Crippen LogP contribution in [0.1, 0.15) is 53.4 Å². The molecule has 0 heterocycles. The van der Waals surface area contributed by atoms with Gasteiger partial charge in [0.25, 0.3) is 0 Å². The van der Waals surface area contributed by atoms with Crippen molar-refractivity contribution in [1.29, 1.82) is 0 Å². The van der Waals surface area contributed by atoms with Gasteiger partial charge >= 0.3 is 18.0 Å². The number of carboxylic acid groups (broad SMARTS) is 1. The zero-order chi connectivity index (χ0) is 16.5. The van der Waals surface area contributed by atoms with Gasteiger partial charge < -0.3 is 19.9 Å². The fourth-order valence-electron chi connectivity index (χ4n) is 1.37. The van der Waals surface area contributed by atoms with Crippen LogP contribution >= 0.6 is 0 Å². The van der Waals surface area contributed by atoms with Crippen LogP contribution in [-0.2, 0) is 19.1 Å². The monoisotopic (exact) mass is 303 g/mol. The molecule has 0 aromatic heterocycles. The first-order chi connectivity index (χ1) is 9.65. The quantitative estimate of drug-likeness (QED) is 0.526. The van der Waals surface area contributed by atoms with E-state index in [4.69, 9.17) is 14.6 Å². The first kappa shape index (κ1) is 19.2. The van der Waals surface area contributed by atoms with Crippen LogP contribution in [0, 0.1) is 0 Å². The van der Waals surface area contributed by atoms with Crippen LogP contribution in [-0.4, -0.2) is 41.4 Å². The summed E-state index contributed by atoms with van der Waals surface area (Å²) in [4.78, 5) is 34.0. The number of esters is 1. The molecular formula is C14H25NO6. The smallest absolute Gasteiger partial charge is 0.408 e. The number of carboxylic acids is 1. The highest BCUT2D eigenvalue weighted by Crippen LogP contribution is 2.08. The molecular weight excluding hydrogens is 278 g/mol. The van der Waals surface area contributed by atoms with Crippen molar-refractivity contribution in [3.8, 4) is 0 Å². The Morgan fingerprint density at radius 1 is 1.24 bits per heavy atom. The minimum absolute atomic E-state index is 0.0421. The van der Waals surface area contributed by atoms with Crippen molar-refractivity contribution in [3.05, 3.63) is 0 Å². The molecule has 0 spiro atoms. The van der Waals surface area contributed by atoms with E-state index in [2.05, 4.69) is 5.32 Å². The maximum Gasteiger partial charge on any atom is 0.408 e. The van der Waals surface area contributed by atoms with E-state index < -0.39 is 29.7 Å². The highest BCUT2D eigenvalue weighted by atomic mass is 16.6. The Kier molecular flexibility index (Phi) is 8.42. The van der Waals surface area contributed by atoms with E-state index in [-0.39, 0.29) is 12.8 Å². The van der Waals surface area contributed by atoms with Gasteiger partial charge in [0.05, 0.1) is 6.61 Å². The molecule has 1 amide bonds. The van der Waals surface area contributed by atoms with Gasteiger partial charge in [0.2, 0.25) is 0 Å². The molecule has 0 saturated carbocycles. The van der Waals surface area contributed by atoms with Gasteiger partial charge in [0, 0.05) is 6.42 Å². The molecule has 0 radical (unpaired) electrons. The van der Waals surface area contributed by atoms with E-state index in [0.717, 1.165) is 12.8 Å². The molecule has 0 unspecified atom stereocenters. The minimum atomic E-state index is -1.22. The molecule has 2 N–H and O–H groups in total. The second kappa shape index (κ2) is 9.20. The molecule has 0 bridgehead atoms. The van der Waals surface area contributed by atoms with Crippen LogP contribution in [0.25, 0.3) is 0 Å². The van der Waals surface area contributed by atoms with Crippen molar-refractivity contribution < 1.29 is 29.0 Å². The van der Waals surface area contributed by atoms with Crippen molar-refractivity contribution in [1.82, 2.24) is 5.32 Å². The highest BCUT2D eigenvalue weighted by Gasteiger charge is 2.24. The molecule has 0 aliphatic carbocycles.